The maximum atomic E-state index is 15.3. The third-order valence-electron chi connectivity index (χ3n) is 11.7. The minimum absolute atomic E-state index is 0.0372. The van der Waals surface area contributed by atoms with E-state index in [-0.39, 0.29) is 41.6 Å². The number of phenolic OH excluding ortho intramolecular Hbond substituents is 1. The number of morpholine rings is 1. The van der Waals surface area contributed by atoms with Crippen LogP contribution in [0.5, 0.6) is 17.2 Å². The van der Waals surface area contributed by atoms with E-state index in [0.717, 1.165) is 37.4 Å². The molecule has 0 aliphatic carbocycles. The summed E-state index contributed by atoms with van der Waals surface area (Å²) in [5.74, 6) is -0.0914. The van der Waals surface area contributed by atoms with Crippen molar-refractivity contribution in [1.82, 2.24) is 20.0 Å². The number of piperidine rings is 2. The highest BCUT2D eigenvalue weighted by molar-refractivity contribution is 5.75. The van der Waals surface area contributed by atoms with Crippen molar-refractivity contribution in [2.45, 2.75) is 56.8 Å². The van der Waals surface area contributed by atoms with Gasteiger partial charge in [0, 0.05) is 88.6 Å². The van der Waals surface area contributed by atoms with Gasteiger partial charge in [0.1, 0.15) is 23.4 Å². The number of rotatable bonds is 9. The number of hydrogen-bond donors (Lipinski definition) is 2. The number of para-hydroxylation sites is 3. The van der Waals surface area contributed by atoms with Gasteiger partial charge in [0.2, 0.25) is 0 Å². The van der Waals surface area contributed by atoms with Gasteiger partial charge in [-0.15, -0.1) is 10.2 Å². The Labute approximate surface area is 331 Å². The number of fused-ring (bicyclic) bond motifs is 2. The summed E-state index contributed by atoms with van der Waals surface area (Å²) in [6.45, 7) is 7.26. The number of ether oxygens (including phenoxy) is 3. The van der Waals surface area contributed by atoms with Gasteiger partial charge < -0.3 is 49.6 Å². The van der Waals surface area contributed by atoms with E-state index in [4.69, 9.17) is 19.9 Å². The fourth-order valence-corrected chi connectivity index (χ4v) is 8.77. The van der Waals surface area contributed by atoms with Gasteiger partial charge in [0.05, 0.1) is 49.0 Å². The molecule has 4 aliphatic rings. The number of carbonyl (C=O) groups is 1. The molecule has 0 spiro atoms. The fraction of sp³-hybridized carbons (Fsp3) is 0.452. The average Bonchev–Trinajstić information content (AvgIpc) is 3.21. The number of likely N-dealkylation sites (tertiary alicyclic amines) is 1. The lowest BCUT2D eigenvalue weighted by molar-refractivity contribution is 0.0587. The molecule has 0 saturated carbocycles. The van der Waals surface area contributed by atoms with Gasteiger partial charge in [-0.2, -0.15) is 0 Å². The standard InChI is InChI=1S/C42H50F2N8O5/c1-3-56-39-10-5-4-9-37(39)49-15-11-28(12-16-49)48(2)42(54)50-17-13-32(14-18-50)57-33-20-27(43)19-29(21-33)52-30-23-51(24-31(52)26-55-25-30)38-22-36(46-47-41(38)45)34-7-6-8-35(44)40(34)53/h4-10,19-22,28,30-32,53H,3,11-18,23-26H2,1-2H3,(H2,45,47). The Bertz CT molecular complexity index is 2050. The molecule has 4 aliphatic heterocycles. The van der Waals surface area contributed by atoms with Gasteiger partial charge in [-0.1, -0.05) is 18.2 Å². The summed E-state index contributed by atoms with van der Waals surface area (Å²) in [6, 6.07) is 18.8. The van der Waals surface area contributed by atoms with Gasteiger partial charge in [-0.05, 0) is 56.2 Å². The lowest BCUT2D eigenvalue weighted by Gasteiger charge is -2.51. The number of anilines is 4. The van der Waals surface area contributed by atoms with Gasteiger partial charge in [0.15, 0.2) is 17.4 Å². The Balaban J connectivity index is 0.874. The van der Waals surface area contributed by atoms with Crippen LogP contribution in [0.2, 0.25) is 0 Å². The van der Waals surface area contributed by atoms with Crippen LogP contribution in [0.15, 0.2) is 66.7 Å². The molecule has 5 heterocycles. The van der Waals surface area contributed by atoms with E-state index in [1.165, 1.54) is 24.3 Å². The summed E-state index contributed by atoms with van der Waals surface area (Å²) >= 11 is 0. The number of aromatic nitrogens is 2. The summed E-state index contributed by atoms with van der Waals surface area (Å²) in [6.07, 6.45) is 2.89. The van der Waals surface area contributed by atoms with Crippen molar-refractivity contribution < 1.29 is 32.9 Å². The SMILES string of the molecule is CCOc1ccccc1N1CCC(N(C)C(=O)N2CCC(Oc3cc(F)cc(N4C5COCC4CN(c4cc(-c6cccc(F)c6O)nnc4N)C5)c3)CC2)CC1. The third kappa shape index (κ3) is 8.02. The number of amides is 2. The number of nitrogen functional groups attached to an aromatic ring is 1. The highest BCUT2D eigenvalue weighted by Crippen LogP contribution is 2.38. The van der Waals surface area contributed by atoms with Crippen molar-refractivity contribution in [2.75, 3.05) is 86.6 Å². The first-order valence-corrected chi connectivity index (χ1v) is 19.8. The van der Waals surface area contributed by atoms with Crippen LogP contribution in [0.1, 0.15) is 32.6 Å². The first kappa shape index (κ1) is 38.3. The number of phenols is 1. The molecule has 13 nitrogen and oxygen atoms in total. The van der Waals surface area contributed by atoms with E-state index in [1.54, 1.807) is 12.1 Å². The van der Waals surface area contributed by atoms with E-state index < -0.39 is 17.4 Å². The summed E-state index contributed by atoms with van der Waals surface area (Å²) in [7, 11) is 1.91. The largest absolute Gasteiger partial charge is 0.504 e. The highest BCUT2D eigenvalue weighted by Gasteiger charge is 2.40. The van der Waals surface area contributed by atoms with E-state index in [2.05, 4.69) is 31.0 Å². The minimum atomic E-state index is -0.751. The molecule has 3 N–H and O–H groups in total. The van der Waals surface area contributed by atoms with E-state index >= 15 is 4.39 Å². The number of nitrogens with zero attached hydrogens (tertiary/aromatic N) is 7. The van der Waals surface area contributed by atoms with Crippen molar-refractivity contribution in [2.24, 2.45) is 0 Å². The number of piperazine rings is 1. The molecule has 2 unspecified atom stereocenters. The summed E-state index contributed by atoms with van der Waals surface area (Å²) in [4.78, 5) is 24.1. The second kappa shape index (κ2) is 16.5. The van der Waals surface area contributed by atoms with Crippen LogP contribution in [0.3, 0.4) is 0 Å². The molecule has 4 fully saturated rings. The Morgan fingerprint density at radius 2 is 1.65 bits per heavy atom. The number of hydrogen-bond acceptors (Lipinski definition) is 11. The van der Waals surface area contributed by atoms with Gasteiger partial charge in [0.25, 0.3) is 0 Å². The van der Waals surface area contributed by atoms with Crippen LogP contribution in [-0.2, 0) is 4.74 Å². The molecule has 57 heavy (non-hydrogen) atoms. The van der Waals surface area contributed by atoms with Gasteiger partial charge in [-0.3, -0.25) is 0 Å². The van der Waals surface area contributed by atoms with Gasteiger partial charge >= 0.3 is 6.03 Å². The van der Waals surface area contributed by atoms with Crippen LogP contribution in [0.25, 0.3) is 11.3 Å². The molecule has 0 radical (unpaired) electrons. The quantitative estimate of drug-likeness (QED) is 0.215. The van der Waals surface area contributed by atoms with Crippen molar-refractivity contribution in [3.05, 3.63) is 78.4 Å². The first-order chi connectivity index (χ1) is 27.7. The molecule has 8 rings (SSSR count). The predicted octanol–water partition coefficient (Wildman–Crippen LogP) is 5.77. The smallest absolute Gasteiger partial charge is 0.319 e. The Hall–Kier alpha value is -5.57. The minimum Gasteiger partial charge on any atom is -0.504 e. The number of aromatic hydroxyl groups is 1. The monoisotopic (exact) mass is 784 g/mol. The third-order valence-corrected chi connectivity index (χ3v) is 11.7. The summed E-state index contributed by atoms with van der Waals surface area (Å²) in [5.41, 5.74) is 9.24. The molecule has 3 aromatic carbocycles. The molecule has 15 heteroatoms. The Kier molecular flexibility index (Phi) is 11.1. The van der Waals surface area contributed by atoms with Crippen molar-refractivity contribution in [1.29, 1.82) is 0 Å². The fourth-order valence-electron chi connectivity index (χ4n) is 8.77. The molecular weight excluding hydrogens is 735 g/mol. The maximum Gasteiger partial charge on any atom is 0.319 e. The molecule has 4 saturated heterocycles. The summed E-state index contributed by atoms with van der Waals surface area (Å²) < 4.78 is 47.6. The highest BCUT2D eigenvalue weighted by atomic mass is 19.1. The zero-order valence-electron chi connectivity index (χ0n) is 32.4. The number of carbonyl (C=O) groups excluding carboxylic acids is 1. The van der Waals surface area contributed by atoms with Crippen LogP contribution in [-0.4, -0.2) is 122 Å². The van der Waals surface area contributed by atoms with E-state index in [9.17, 15) is 14.3 Å². The zero-order chi connectivity index (χ0) is 39.6. The second-order valence-corrected chi connectivity index (χ2v) is 15.3. The Morgan fingerprint density at radius 3 is 2.39 bits per heavy atom. The van der Waals surface area contributed by atoms with E-state index in [0.29, 0.717) is 81.7 Å². The Morgan fingerprint density at radius 1 is 0.912 bits per heavy atom. The van der Waals surface area contributed by atoms with Crippen LogP contribution < -0.4 is 29.9 Å². The predicted molar refractivity (Wildman–Crippen MR) is 214 cm³/mol. The van der Waals surface area contributed by atoms with Gasteiger partial charge in [-0.25, -0.2) is 13.6 Å². The zero-order valence-corrected chi connectivity index (χ0v) is 32.4. The van der Waals surface area contributed by atoms with Crippen molar-refractivity contribution in [3.8, 4) is 28.5 Å². The number of halogens is 2. The van der Waals surface area contributed by atoms with Crippen molar-refractivity contribution in [3.63, 3.8) is 0 Å². The number of benzene rings is 3. The molecule has 2 amide bonds. The summed E-state index contributed by atoms with van der Waals surface area (Å²) in [5, 5.41) is 18.6. The molecule has 302 valence electrons. The second-order valence-electron chi connectivity index (χ2n) is 15.3. The molecule has 1 aromatic heterocycles. The number of nitrogens with two attached hydrogens (primary N) is 1. The molecule has 2 atom stereocenters. The molecule has 4 aromatic rings. The molecular formula is C42H50F2N8O5. The normalized spacial score (nSPS) is 20.4. The molecule has 2 bridgehead atoms. The van der Waals surface area contributed by atoms with Crippen LogP contribution in [0, 0.1) is 11.6 Å². The maximum absolute atomic E-state index is 15.3. The topological polar surface area (TPSA) is 133 Å². The number of urea groups is 1. The lowest BCUT2D eigenvalue weighted by atomic mass is 10.0. The first-order valence-electron chi connectivity index (χ1n) is 19.8. The van der Waals surface area contributed by atoms with E-state index in [1.807, 2.05) is 48.0 Å². The average molecular weight is 785 g/mol. The van der Waals surface area contributed by atoms with Crippen molar-refractivity contribution >= 4 is 28.9 Å². The lowest BCUT2D eigenvalue weighted by Crippen LogP contribution is -2.65. The van der Waals surface area contributed by atoms with Crippen LogP contribution >= 0.6 is 0 Å². The van der Waals surface area contributed by atoms with Crippen LogP contribution in [0.4, 0.5) is 36.5 Å².